The third-order valence-electron chi connectivity index (χ3n) is 6.20. The Morgan fingerprint density at radius 2 is 1.50 bits per heavy atom. The monoisotopic (exact) mass is 455 g/mol. The summed E-state index contributed by atoms with van der Waals surface area (Å²) in [4.78, 5) is 28.8. The van der Waals surface area contributed by atoms with Gasteiger partial charge in [0.15, 0.2) is 0 Å². The zero-order chi connectivity index (χ0) is 22.6. The van der Waals surface area contributed by atoms with Crippen LogP contribution in [0, 0.1) is 0 Å². The van der Waals surface area contributed by atoms with E-state index in [0.717, 1.165) is 31.2 Å². The number of benzene rings is 2. The predicted octanol–water partition coefficient (Wildman–Crippen LogP) is 2.22. The van der Waals surface area contributed by atoms with E-state index >= 15 is 0 Å². The average Bonchev–Trinajstić information content (AvgIpc) is 2.83. The number of carbonyl (C=O) groups excluding carboxylic acids is 2. The molecule has 0 unspecified atom stereocenters. The third kappa shape index (κ3) is 5.19. The Morgan fingerprint density at radius 3 is 2.22 bits per heavy atom. The van der Waals surface area contributed by atoms with E-state index in [2.05, 4.69) is 4.72 Å². The summed E-state index contributed by atoms with van der Waals surface area (Å²) in [5.74, 6) is -0.138. The summed E-state index contributed by atoms with van der Waals surface area (Å²) in [7, 11) is -3.64. The number of hydrogen-bond donors (Lipinski definition) is 1. The molecule has 1 saturated heterocycles. The van der Waals surface area contributed by atoms with Gasteiger partial charge in [0.1, 0.15) is 0 Å². The van der Waals surface area contributed by atoms with Crippen LogP contribution in [-0.4, -0.2) is 62.8 Å². The predicted molar refractivity (Wildman–Crippen MR) is 122 cm³/mol. The zero-order valence-electron chi connectivity index (χ0n) is 18.1. The van der Waals surface area contributed by atoms with Gasteiger partial charge in [-0.3, -0.25) is 9.59 Å². The molecule has 8 heteroatoms. The average molecular weight is 456 g/mol. The van der Waals surface area contributed by atoms with Crippen molar-refractivity contribution in [2.45, 2.75) is 37.0 Å². The molecule has 1 aliphatic carbocycles. The van der Waals surface area contributed by atoms with Crippen molar-refractivity contribution >= 4 is 21.8 Å². The van der Waals surface area contributed by atoms with E-state index in [9.17, 15) is 18.0 Å². The zero-order valence-corrected chi connectivity index (χ0v) is 18.9. The maximum atomic E-state index is 12.6. The van der Waals surface area contributed by atoms with Crippen LogP contribution in [0.5, 0.6) is 0 Å². The number of rotatable bonds is 6. The molecule has 1 fully saturated rings. The van der Waals surface area contributed by atoms with Crippen LogP contribution in [0.25, 0.3) is 0 Å². The van der Waals surface area contributed by atoms with Crippen molar-refractivity contribution in [1.82, 2.24) is 14.5 Å². The smallest absolute Gasteiger partial charge is 0.253 e. The van der Waals surface area contributed by atoms with Gasteiger partial charge >= 0.3 is 0 Å². The standard InChI is InChI=1S/C24H29N3O4S/c28-23(26-14-16-27(17-15-26)24(29)20-7-2-1-3-8-20)12-13-25-32(30,31)22-11-10-19-6-4-5-9-21(19)18-22/h1-3,7-8,10-11,18,25H,4-6,9,12-17H2. The highest BCUT2D eigenvalue weighted by Crippen LogP contribution is 2.24. The topological polar surface area (TPSA) is 86.8 Å². The summed E-state index contributed by atoms with van der Waals surface area (Å²) < 4.78 is 27.9. The van der Waals surface area contributed by atoms with E-state index in [1.807, 2.05) is 24.3 Å². The second-order valence-electron chi connectivity index (χ2n) is 8.32. The molecule has 0 spiro atoms. The molecule has 1 N–H and O–H groups in total. The van der Waals surface area contributed by atoms with Gasteiger partial charge in [-0.15, -0.1) is 0 Å². The molecular formula is C24H29N3O4S. The number of carbonyl (C=O) groups is 2. The maximum absolute atomic E-state index is 12.6. The van der Waals surface area contributed by atoms with Gasteiger partial charge in [-0.1, -0.05) is 24.3 Å². The lowest BCUT2D eigenvalue weighted by molar-refractivity contribution is -0.132. The Morgan fingerprint density at radius 1 is 0.844 bits per heavy atom. The summed E-state index contributed by atoms with van der Waals surface area (Å²) in [5, 5.41) is 0. The van der Waals surface area contributed by atoms with Crippen molar-refractivity contribution in [2.24, 2.45) is 0 Å². The minimum atomic E-state index is -3.64. The summed E-state index contributed by atoms with van der Waals surface area (Å²) in [6.45, 7) is 1.91. The molecule has 1 aliphatic heterocycles. The first-order chi connectivity index (χ1) is 15.4. The number of aryl methyl sites for hydroxylation is 2. The van der Waals surface area contributed by atoms with Gasteiger partial charge < -0.3 is 9.80 Å². The van der Waals surface area contributed by atoms with Gasteiger partial charge in [0.05, 0.1) is 4.90 Å². The maximum Gasteiger partial charge on any atom is 0.253 e. The number of piperazine rings is 1. The molecule has 0 bridgehead atoms. The molecule has 0 aromatic heterocycles. The molecule has 2 aromatic rings. The summed E-state index contributed by atoms with van der Waals surface area (Å²) >= 11 is 0. The van der Waals surface area contributed by atoms with Crippen LogP contribution in [0.4, 0.5) is 0 Å². The fraction of sp³-hybridized carbons (Fsp3) is 0.417. The number of hydrogen-bond acceptors (Lipinski definition) is 4. The van der Waals surface area contributed by atoms with Crippen LogP contribution < -0.4 is 4.72 Å². The molecule has 0 saturated carbocycles. The van der Waals surface area contributed by atoms with E-state index in [1.165, 1.54) is 5.56 Å². The highest BCUT2D eigenvalue weighted by Gasteiger charge is 2.25. The van der Waals surface area contributed by atoms with Crippen molar-refractivity contribution in [3.63, 3.8) is 0 Å². The van der Waals surface area contributed by atoms with Crippen LogP contribution in [0.15, 0.2) is 53.4 Å². The van der Waals surface area contributed by atoms with E-state index in [4.69, 9.17) is 0 Å². The highest BCUT2D eigenvalue weighted by atomic mass is 32.2. The molecule has 2 aromatic carbocycles. The number of nitrogens with one attached hydrogen (secondary N) is 1. The molecule has 0 radical (unpaired) electrons. The van der Waals surface area contributed by atoms with E-state index in [0.29, 0.717) is 31.7 Å². The first-order valence-electron chi connectivity index (χ1n) is 11.2. The number of nitrogens with zero attached hydrogens (tertiary/aromatic N) is 2. The lowest BCUT2D eigenvalue weighted by Gasteiger charge is -2.35. The second kappa shape index (κ2) is 9.83. The Labute approximate surface area is 189 Å². The summed E-state index contributed by atoms with van der Waals surface area (Å²) in [6, 6.07) is 14.4. The van der Waals surface area contributed by atoms with Crippen LogP contribution in [0.2, 0.25) is 0 Å². The van der Waals surface area contributed by atoms with Gasteiger partial charge in [0, 0.05) is 44.7 Å². The number of fused-ring (bicyclic) bond motifs is 1. The number of sulfonamides is 1. The van der Waals surface area contributed by atoms with Crippen molar-refractivity contribution in [3.8, 4) is 0 Å². The molecule has 7 nitrogen and oxygen atoms in total. The number of amides is 2. The second-order valence-corrected chi connectivity index (χ2v) is 10.1. The van der Waals surface area contributed by atoms with E-state index in [1.54, 1.807) is 34.1 Å². The fourth-order valence-corrected chi connectivity index (χ4v) is 5.42. The lowest BCUT2D eigenvalue weighted by Crippen LogP contribution is -2.51. The molecule has 1 heterocycles. The molecule has 4 rings (SSSR count). The molecule has 32 heavy (non-hydrogen) atoms. The summed E-state index contributed by atoms with van der Waals surface area (Å²) in [5.41, 5.74) is 2.98. The minimum Gasteiger partial charge on any atom is -0.339 e. The Bertz CT molecular complexity index is 1080. The van der Waals surface area contributed by atoms with Gasteiger partial charge in [0.25, 0.3) is 5.91 Å². The Hall–Kier alpha value is -2.71. The van der Waals surface area contributed by atoms with E-state index < -0.39 is 10.0 Å². The summed E-state index contributed by atoms with van der Waals surface area (Å²) in [6.07, 6.45) is 4.24. The largest absolute Gasteiger partial charge is 0.339 e. The van der Waals surface area contributed by atoms with Crippen LogP contribution in [0.1, 0.15) is 40.7 Å². The fourth-order valence-electron chi connectivity index (χ4n) is 4.33. The van der Waals surface area contributed by atoms with Crippen LogP contribution in [-0.2, 0) is 27.7 Å². The van der Waals surface area contributed by atoms with Gasteiger partial charge in [0.2, 0.25) is 15.9 Å². The van der Waals surface area contributed by atoms with Crippen molar-refractivity contribution in [3.05, 3.63) is 65.2 Å². The molecule has 0 atom stereocenters. The Kier molecular flexibility index (Phi) is 6.91. The normalized spacial score (nSPS) is 16.5. The van der Waals surface area contributed by atoms with Crippen molar-refractivity contribution in [2.75, 3.05) is 32.7 Å². The van der Waals surface area contributed by atoms with E-state index in [-0.39, 0.29) is 29.7 Å². The molecule has 170 valence electrons. The highest BCUT2D eigenvalue weighted by molar-refractivity contribution is 7.89. The molecule has 2 amide bonds. The quantitative estimate of drug-likeness (QED) is 0.724. The van der Waals surface area contributed by atoms with Crippen LogP contribution in [0.3, 0.4) is 0 Å². The van der Waals surface area contributed by atoms with Gasteiger partial charge in [-0.2, -0.15) is 0 Å². The molecular weight excluding hydrogens is 426 g/mol. The first kappa shape index (κ1) is 22.5. The molecule has 2 aliphatic rings. The van der Waals surface area contributed by atoms with Gasteiger partial charge in [-0.05, 0) is 61.1 Å². The van der Waals surface area contributed by atoms with Crippen molar-refractivity contribution < 1.29 is 18.0 Å². The van der Waals surface area contributed by atoms with Gasteiger partial charge in [-0.25, -0.2) is 13.1 Å². The van der Waals surface area contributed by atoms with Crippen LogP contribution >= 0.6 is 0 Å². The van der Waals surface area contributed by atoms with Crippen molar-refractivity contribution in [1.29, 1.82) is 0 Å². The third-order valence-corrected chi connectivity index (χ3v) is 7.66. The minimum absolute atomic E-state index is 0.0319. The first-order valence-corrected chi connectivity index (χ1v) is 12.7. The lowest BCUT2D eigenvalue weighted by atomic mass is 9.92. The Balaban J connectivity index is 1.25. The SMILES string of the molecule is O=C(CCNS(=O)(=O)c1ccc2c(c1)CCCC2)N1CCN(C(=O)c2ccccc2)CC1.